The zero-order valence-corrected chi connectivity index (χ0v) is 7.20. The van der Waals surface area contributed by atoms with E-state index < -0.39 is 0 Å². The second kappa shape index (κ2) is 3.72. The Morgan fingerprint density at radius 1 is 1.33 bits per heavy atom. The lowest BCUT2D eigenvalue weighted by molar-refractivity contribution is 0.197. The van der Waals surface area contributed by atoms with Crippen molar-refractivity contribution in [2.75, 3.05) is 13.1 Å². The Hall–Kier alpha value is -0.830. The third kappa shape index (κ3) is 1.85. The van der Waals surface area contributed by atoms with Gasteiger partial charge in [0.1, 0.15) is 0 Å². The number of likely N-dealkylation sites (tertiary alicyclic amines) is 1. The van der Waals surface area contributed by atoms with Gasteiger partial charge in [-0.05, 0) is 25.9 Å². The van der Waals surface area contributed by atoms with E-state index in [-0.39, 0.29) is 0 Å². The average Bonchev–Trinajstić information content (AvgIpc) is 2.59. The first-order valence-corrected chi connectivity index (χ1v) is 4.57. The summed E-state index contributed by atoms with van der Waals surface area (Å²) >= 11 is 0. The molecule has 2 heterocycles. The van der Waals surface area contributed by atoms with Gasteiger partial charge in [0.05, 0.1) is 12.7 Å². The van der Waals surface area contributed by atoms with Gasteiger partial charge in [-0.3, -0.25) is 4.90 Å². The highest BCUT2D eigenvalue weighted by Crippen LogP contribution is 2.11. The molecule has 66 valence electrons. The fourth-order valence-electron chi connectivity index (χ4n) is 1.66. The predicted octanol–water partition coefficient (Wildman–Crippen LogP) is 1.66. The van der Waals surface area contributed by atoms with Crippen molar-refractivity contribution in [1.29, 1.82) is 0 Å². The molecule has 0 bridgehead atoms. The van der Waals surface area contributed by atoms with Gasteiger partial charge >= 0.3 is 0 Å². The Kier molecular flexibility index (Phi) is 2.42. The summed E-state index contributed by atoms with van der Waals surface area (Å²) in [4.78, 5) is 2.42. The number of hydrogen-bond donors (Lipinski definition) is 0. The van der Waals surface area contributed by atoms with Gasteiger partial charge in [-0.1, -0.05) is 11.6 Å². The zero-order valence-electron chi connectivity index (χ0n) is 7.20. The first kappa shape index (κ1) is 7.80. The van der Waals surface area contributed by atoms with Crippen LogP contribution in [0.1, 0.15) is 25.0 Å². The summed E-state index contributed by atoms with van der Waals surface area (Å²) in [6.45, 7) is 3.35. The highest BCUT2D eigenvalue weighted by molar-refractivity contribution is 4.92. The van der Waals surface area contributed by atoms with Gasteiger partial charge in [-0.2, -0.15) is 0 Å². The highest BCUT2D eigenvalue weighted by atomic mass is 16.5. The molecule has 0 atom stereocenters. The molecule has 0 N–H and O–H groups in total. The number of nitrogens with zero attached hydrogens (tertiary/aromatic N) is 2. The summed E-state index contributed by atoms with van der Waals surface area (Å²) in [5.41, 5.74) is 0. The number of rotatable bonds is 2. The van der Waals surface area contributed by atoms with E-state index in [0.29, 0.717) is 0 Å². The highest BCUT2D eigenvalue weighted by Gasteiger charge is 2.11. The summed E-state index contributed by atoms with van der Waals surface area (Å²) in [5.74, 6) is 0.983. The molecule has 3 heteroatoms. The molecule has 0 saturated carbocycles. The summed E-state index contributed by atoms with van der Waals surface area (Å²) in [5, 5.41) is 3.69. The normalized spacial score (nSPS) is 19.7. The Bertz CT molecular complexity index is 214. The maximum Gasteiger partial charge on any atom is 0.150 e. The molecule has 2 rings (SSSR count). The van der Waals surface area contributed by atoms with Gasteiger partial charge in [-0.25, -0.2) is 0 Å². The topological polar surface area (TPSA) is 29.3 Å². The van der Waals surface area contributed by atoms with Crippen LogP contribution in [0.3, 0.4) is 0 Å². The molecule has 3 nitrogen and oxygen atoms in total. The van der Waals surface area contributed by atoms with Crippen molar-refractivity contribution in [3.8, 4) is 0 Å². The van der Waals surface area contributed by atoms with Crippen LogP contribution in [0.25, 0.3) is 0 Å². The lowest BCUT2D eigenvalue weighted by atomic mass is 10.1. The number of piperidine rings is 1. The van der Waals surface area contributed by atoms with Crippen molar-refractivity contribution in [2.24, 2.45) is 0 Å². The van der Waals surface area contributed by atoms with E-state index in [1.54, 1.807) is 6.20 Å². The van der Waals surface area contributed by atoms with Crippen LogP contribution in [0.2, 0.25) is 0 Å². The summed E-state index contributed by atoms with van der Waals surface area (Å²) in [6, 6.07) is 1.94. The van der Waals surface area contributed by atoms with Crippen molar-refractivity contribution >= 4 is 0 Å². The molecular weight excluding hydrogens is 152 g/mol. The van der Waals surface area contributed by atoms with Gasteiger partial charge in [0.15, 0.2) is 5.76 Å². The lowest BCUT2D eigenvalue weighted by Crippen LogP contribution is -2.28. The Morgan fingerprint density at radius 3 is 2.83 bits per heavy atom. The van der Waals surface area contributed by atoms with Crippen molar-refractivity contribution in [3.63, 3.8) is 0 Å². The van der Waals surface area contributed by atoms with E-state index >= 15 is 0 Å². The number of aromatic nitrogens is 1. The Morgan fingerprint density at radius 2 is 2.17 bits per heavy atom. The third-order valence-corrected chi connectivity index (χ3v) is 2.32. The maximum absolute atomic E-state index is 5.04. The van der Waals surface area contributed by atoms with Crippen LogP contribution >= 0.6 is 0 Å². The molecule has 0 unspecified atom stereocenters. The van der Waals surface area contributed by atoms with Crippen LogP contribution in [0.15, 0.2) is 16.8 Å². The molecule has 0 spiro atoms. The molecule has 1 aromatic heterocycles. The molecule has 0 aromatic carbocycles. The second-order valence-corrected chi connectivity index (χ2v) is 3.32. The van der Waals surface area contributed by atoms with E-state index in [9.17, 15) is 0 Å². The minimum absolute atomic E-state index is 0.931. The molecule has 1 aromatic rings. The molecule has 1 aliphatic heterocycles. The SMILES string of the molecule is c1cc(CN2CCCCC2)on1. The fraction of sp³-hybridized carbons (Fsp3) is 0.667. The van der Waals surface area contributed by atoms with Crippen LogP contribution in [-0.4, -0.2) is 23.1 Å². The molecule has 1 fully saturated rings. The second-order valence-electron chi connectivity index (χ2n) is 3.32. The van der Waals surface area contributed by atoms with Gasteiger partial charge in [0, 0.05) is 6.07 Å². The van der Waals surface area contributed by atoms with E-state index in [4.69, 9.17) is 4.52 Å². The Labute approximate surface area is 72.3 Å². The van der Waals surface area contributed by atoms with Crippen LogP contribution < -0.4 is 0 Å². The molecule has 12 heavy (non-hydrogen) atoms. The Balaban J connectivity index is 1.86. The predicted molar refractivity (Wildman–Crippen MR) is 45.6 cm³/mol. The fourth-order valence-corrected chi connectivity index (χ4v) is 1.66. The van der Waals surface area contributed by atoms with Crippen molar-refractivity contribution in [2.45, 2.75) is 25.8 Å². The lowest BCUT2D eigenvalue weighted by Gasteiger charge is -2.24. The molecule has 1 aliphatic rings. The molecule has 0 radical (unpaired) electrons. The van der Waals surface area contributed by atoms with Gasteiger partial charge in [0.25, 0.3) is 0 Å². The van der Waals surface area contributed by atoms with Crippen molar-refractivity contribution in [1.82, 2.24) is 10.1 Å². The van der Waals surface area contributed by atoms with Gasteiger partial charge in [0.2, 0.25) is 0 Å². The van der Waals surface area contributed by atoms with E-state index in [1.165, 1.54) is 32.4 Å². The van der Waals surface area contributed by atoms with Gasteiger partial charge in [-0.15, -0.1) is 0 Å². The smallest absolute Gasteiger partial charge is 0.150 e. The first-order valence-electron chi connectivity index (χ1n) is 4.57. The molecule has 1 saturated heterocycles. The minimum atomic E-state index is 0.931. The molecular formula is C9H14N2O. The van der Waals surface area contributed by atoms with Gasteiger partial charge < -0.3 is 4.52 Å². The largest absolute Gasteiger partial charge is 0.360 e. The average molecular weight is 166 g/mol. The molecule has 0 aliphatic carbocycles. The first-order chi connectivity index (χ1) is 5.95. The monoisotopic (exact) mass is 166 g/mol. The van der Waals surface area contributed by atoms with Crippen LogP contribution in [-0.2, 0) is 6.54 Å². The third-order valence-electron chi connectivity index (χ3n) is 2.32. The quantitative estimate of drug-likeness (QED) is 0.669. The van der Waals surface area contributed by atoms with Crippen LogP contribution in [0.5, 0.6) is 0 Å². The zero-order chi connectivity index (χ0) is 8.23. The van der Waals surface area contributed by atoms with Crippen LogP contribution in [0, 0.1) is 0 Å². The summed E-state index contributed by atoms with van der Waals surface area (Å²) in [7, 11) is 0. The van der Waals surface area contributed by atoms with Crippen molar-refractivity contribution < 1.29 is 4.52 Å². The van der Waals surface area contributed by atoms with Crippen molar-refractivity contribution in [3.05, 3.63) is 18.0 Å². The summed E-state index contributed by atoms with van der Waals surface area (Å²) < 4.78 is 5.04. The standard InChI is InChI=1S/C9H14N2O/c1-2-6-11(7-3-1)8-9-4-5-10-12-9/h4-5H,1-3,6-8H2. The summed E-state index contributed by atoms with van der Waals surface area (Å²) in [6.07, 6.45) is 5.74. The van der Waals surface area contributed by atoms with E-state index in [2.05, 4.69) is 10.1 Å². The van der Waals surface area contributed by atoms with E-state index in [0.717, 1.165) is 12.3 Å². The minimum Gasteiger partial charge on any atom is -0.360 e. The number of hydrogen-bond acceptors (Lipinski definition) is 3. The van der Waals surface area contributed by atoms with Crippen LogP contribution in [0.4, 0.5) is 0 Å². The van der Waals surface area contributed by atoms with E-state index in [1.807, 2.05) is 6.07 Å². The molecule has 0 amide bonds. The maximum atomic E-state index is 5.04.